The van der Waals surface area contributed by atoms with E-state index in [1.807, 2.05) is 53.5 Å². The first-order valence-electron chi connectivity index (χ1n) is 14.0. The summed E-state index contributed by atoms with van der Waals surface area (Å²) in [5.74, 6) is 0.0919. The van der Waals surface area contributed by atoms with Crippen LogP contribution in [0.1, 0.15) is 41.0 Å². The summed E-state index contributed by atoms with van der Waals surface area (Å²) in [5, 5.41) is 4.09. The van der Waals surface area contributed by atoms with Crippen molar-refractivity contribution in [3.63, 3.8) is 0 Å². The average molecular weight is 574 g/mol. The Morgan fingerprint density at radius 3 is 2.50 bits per heavy atom. The second-order valence-corrected chi connectivity index (χ2v) is 13.8. The number of piperazine rings is 1. The van der Waals surface area contributed by atoms with Crippen molar-refractivity contribution in [3.05, 3.63) is 99.7 Å². The molecule has 1 saturated heterocycles. The van der Waals surface area contributed by atoms with Gasteiger partial charge in [0, 0.05) is 50.1 Å². The first-order valence-corrected chi connectivity index (χ1v) is 16.3. The molecule has 1 amide bonds. The van der Waals surface area contributed by atoms with Crippen molar-refractivity contribution in [2.45, 2.75) is 43.7 Å². The lowest BCUT2D eigenvalue weighted by atomic mass is 9.90. The molecule has 208 valence electrons. The van der Waals surface area contributed by atoms with Crippen LogP contribution < -0.4 is 0 Å². The van der Waals surface area contributed by atoms with Gasteiger partial charge < -0.3 is 4.90 Å². The minimum absolute atomic E-state index is 0.0919. The first kappa shape index (κ1) is 27.1. The highest BCUT2D eigenvalue weighted by Gasteiger charge is 2.36. The molecule has 2 aliphatic rings. The molecule has 0 spiro atoms. The van der Waals surface area contributed by atoms with Crippen LogP contribution in [0.3, 0.4) is 0 Å². The largest absolute Gasteiger partial charge is 0.340 e. The lowest BCUT2D eigenvalue weighted by Gasteiger charge is -2.40. The smallest absolute Gasteiger partial charge is 0.243 e. The number of hydrogen-bond donors (Lipinski definition) is 0. The molecule has 3 aromatic carbocycles. The number of carbonyl (C=O) groups excluding carboxylic acids is 1. The Morgan fingerprint density at radius 2 is 1.70 bits per heavy atom. The molecule has 40 heavy (non-hydrogen) atoms. The van der Waals surface area contributed by atoms with Crippen LogP contribution in [0.4, 0.5) is 0 Å². The molecule has 0 saturated carbocycles. The molecular weight excluding hydrogens is 539 g/mol. The number of benzene rings is 3. The van der Waals surface area contributed by atoms with Gasteiger partial charge in [-0.15, -0.1) is 11.3 Å². The molecule has 6 nitrogen and oxygen atoms in total. The molecule has 3 heterocycles. The van der Waals surface area contributed by atoms with Crippen LogP contribution in [0, 0.1) is 6.92 Å². The maximum Gasteiger partial charge on any atom is 0.243 e. The summed E-state index contributed by atoms with van der Waals surface area (Å²) in [6.45, 7) is 6.77. The summed E-state index contributed by atoms with van der Waals surface area (Å²) >= 11 is 1.82. The van der Waals surface area contributed by atoms with E-state index in [2.05, 4.69) is 47.5 Å². The third-order valence-corrected chi connectivity index (χ3v) is 11.4. The van der Waals surface area contributed by atoms with E-state index in [1.54, 1.807) is 16.4 Å². The first-order chi connectivity index (χ1) is 19.3. The highest BCUT2D eigenvalue weighted by molar-refractivity contribution is 7.89. The zero-order valence-corrected chi connectivity index (χ0v) is 24.6. The van der Waals surface area contributed by atoms with Crippen LogP contribution >= 0.6 is 11.3 Å². The molecule has 0 aliphatic carbocycles. The van der Waals surface area contributed by atoms with E-state index in [1.165, 1.54) is 21.6 Å². The predicted molar refractivity (Wildman–Crippen MR) is 161 cm³/mol. The molecule has 8 heteroatoms. The molecule has 2 aliphatic heterocycles. The van der Waals surface area contributed by atoms with Crippen LogP contribution in [0.5, 0.6) is 0 Å². The summed E-state index contributed by atoms with van der Waals surface area (Å²) in [6.07, 6.45) is 1.43. The zero-order chi connectivity index (χ0) is 27.9. The Hall–Kier alpha value is -3.04. The van der Waals surface area contributed by atoms with Crippen molar-refractivity contribution >= 4 is 38.0 Å². The topological polar surface area (TPSA) is 60.9 Å². The van der Waals surface area contributed by atoms with Gasteiger partial charge in [-0.2, -0.15) is 4.31 Å². The third-order valence-electron chi connectivity index (χ3n) is 8.41. The van der Waals surface area contributed by atoms with E-state index in [9.17, 15) is 13.2 Å². The van der Waals surface area contributed by atoms with E-state index >= 15 is 0 Å². The van der Waals surface area contributed by atoms with E-state index in [4.69, 9.17) is 0 Å². The van der Waals surface area contributed by atoms with Crippen molar-refractivity contribution in [2.75, 3.05) is 32.7 Å². The number of thiophene rings is 1. The van der Waals surface area contributed by atoms with Gasteiger partial charge >= 0.3 is 0 Å². The SMILES string of the molecule is Cc1ccccc1C1c2ccsc2CCN1CCC(=O)N1CCN(S(=O)(=O)c2ccc3ccccc3c2)C(C)C1. The van der Waals surface area contributed by atoms with Crippen molar-refractivity contribution in [2.24, 2.45) is 0 Å². The molecule has 0 radical (unpaired) electrons. The molecule has 6 rings (SSSR count). The third kappa shape index (κ3) is 5.09. The molecule has 0 N–H and O–H groups in total. The van der Waals surface area contributed by atoms with Crippen molar-refractivity contribution in [1.82, 2.24) is 14.1 Å². The summed E-state index contributed by atoms with van der Waals surface area (Å²) < 4.78 is 28.6. The molecular formula is C32H35N3O3S2. The fraction of sp³-hybridized carbons (Fsp3) is 0.344. The lowest BCUT2D eigenvalue weighted by Crippen LogP contribution is -2.55. The van der Waals surface area contributed by atoms with E-state index in [0.29, 0.717) is 37.5 Å². The minimum atomic E-state index is -3.66. The minimum Gasteiger partial charge on any atom is -0.340 e. The van der Waals surface area contributed by atoms with Gasteiger partial charge in [-0.1, -0.05) is 54.6 Å². The summed E-state index contributed by atoms with van der Waals surface area (Å²) in [5.41, 5.74) is 3.93. The summed E-state index contributed by atoms with van der Waals surface area (Å²) in [4.78, 5) is 19.4. The predicted octanol–water partition coefficient (Wildman–Crippen LogP) is 5.47. The van der Waals surface area contributed by atoms with Crippen LogP contribution in [0.25, 0.3) is 10.8 Å². The van der Waals surface area contributed by atoms with Gasteiger partial charge in [0.25, 0.3) is 0 Å². The van der Waals surface area contributed by atoms with Gasteiger partial charge in [0.05, 0.1) is 10.9 Å². The Labute approximate surface area is 240 Å². The Balaban J connectivity index is 1.12. The quantitative estimate of drug-likeness (QED) is 0.307. The summed E-state index contributed by atoms with van der Waals surface area (Å²) in [6, 6.07) is 23.7. The molecule has 0 bridgehead atoms. The zero-order valence-electron chi connectivity index (χ0n) is 23.0. The maximum absolute atomic E-state index is 13.5. The highest BCUT2D eigenvalue weighted by atomic mass is 32.2. The number of nitrogens with zero attached hydrogens (tertiary/aromatic N) is 3. The van der Waals surface area contributed by atoms with Gasteiger partial charge in [0.2, 0.25) is 15.9 Å². The molecule has 4 aromatic rings. The van der Waals surface area contributed by atoms with E-state index in [-0.39, 0.29) is 18.0 Å². The number of amides is 1. The molecule has 2 atom stereocenters. The average Bonchev–Trinajstić information content (AvgIpc) is 3.44. The fourth-order valence-electron chi connectivity index (χ4n) is 6.25. The van der Waals surface area contributed by atoms with E-state index < -0.39 is 10.0 Å². The van der Waals surface area contributed by atoms with Gasteiger partial charge in [-0.05, 0) is 71.3 Å². The second kappa shape index (κ2) is 11.1. The van der Waals surface area contributed by atoms with Gasteiger partial charge in [-0.3, -0.25) is 9.69 Å². The van der Waals surface area contributed by atoms with Crippen LogP contribution in [-0.2, 0) is 21.2 Å². The molecule has 2 unspecified atom stereocenters. The number of fused-ring (bicyclic) bond motifs is 2. The maximum atomic E-state index is 13.5. The lowest BCUT2D eigenvalue weighted by molar-refractivity contribution is -0.133. The molecule has 1 aromatic heterocycles. The van der Waals surface area contributed by atoms with Crippen LogP contribution in [0.2, 0.25) is 0 Å². The van der Waals surface area contributed by atoms with Gasteiger partial charge in [0.15, 0.2) is 0 Å². The Morgan fingerprint density at radius 1 is 0.925 bits per heavy atom. The number of sulfonamides is 1. The monoisotopic (exact) mass is 573 g/mol. The standard InChI is InChI=1S/C32H35N3O3S2/c1-23-7-3-6-10-28(23)32-29-15-20-39-30(29)13-16-33(32)17-14-31(36)34-18-19-35(24(2)22-34)40(37,38)27-12-11-25-8-4-5-9-26(25)21-27/h3-12,15,20-21,24,32H,13-14,16-19,22H2,1-2H3. The Kier molecular flexibility index (Phi) is 7.52. The fourth-order valence-corrected chi connectivity index (χ4v) is 8.81. The van der Waals surface area contributed by atoms with Gasteiger partial charge in [0.1, 0.15) is 0 Å². The Bertz CT molecular complexity index is 1650. The highest BCUT2D eigenvalue weighted by Crippen LogP contribution is 2.39. The van der Waals surface area contributed by atoms with E-state index in [0.717, 1.165) is 23.7 Å². The molecule has 1 fully saturated rings. The number of aryl methyl sites for hydroxylation is 1. The number of carbonyl (C=O) groups is 1. The second-order valence-electron chi connectivity index (χ2n) is 10.9. The van der Waals surface area contributed by atoms with Crippen LogP contribution in [-0.4, -0.2) is 67.2 Å². The van der Waals surface area contributed by atoms with Crippen LogP contribution in [0.15, 0.2) is 83.1 Å². The number of rotatable bonds is 6. The van der Waals surface area contributed by atoms with Crippen molar-refractivity contribution in [3.8, 4) is 0 Å². The van der Waals surface area contributed by atoms with Gasteiger partial charge in [-0.25, -0.2) is 8.42 Å². The summed E-state index contributed by atoms with van der Waals surface area (Å²) in [7, 11) is -3.66. The van der Waals surface area contributed by atoms with Crippen molar-refractivity contribution in [1.29, 1.82) is 0 Å². The normalized spacial score (nSPS) is 20.5. The van der Waals surface area contributed by atoms with Crippen molar-refractivity contribution < 1.29 is 13.2 Å². The number of hydrogen-bond acceptors (Lipinski definition) is 5.